The molecule has 1 aromatic heterocycles. The van der Waals surface area contributed by atoms with Gasteiger partial charge in [-0.3, -0.25) is 9.59 Å². The third-order valence-corrected chi connectivity index (χ3v) is 4.76. The predicted molar refractivity (Wildman–Crippen MR) is 93.1 cm³/mol. The van der Waals surface area contributed by atoms with E-state index in [1.807, 2.05) is 24.3 Å². The number of hydrogen-bond donors (Lipinski definition) is 2. The summed E-state index contributed by atoms with van der Waals surface area (Å²) in [7, 11) is 0. The van der Waals surface area contributed by atoms with Gasteiger partial charge in [-0.15, -0.1) is 0 Å². The van der Waals surface area contributed by atoms with Crippen molar-refractivity contribution in [1.29, 1.82) is 0 Å². The second-order valence-corrected chi connectivity index (χ2v) is 6.65. The van der Waals surface area contributed by atoms with Crippen LogP contribution in [-0.4, -0.2) is 16.1 Å². The number of benzene rings is 1. The summed E-state index contributed by atoms with van der Waals surface area (Å²) in [6, 6.07) is 10.3. The molecule has 3 rings (SSSR count). The summed E-state index contributed by atoms with van der Waals surface area (Å²) in [6.45, 7) is 0. The maximum atomic E-state index is 12.5. The quantitative estimate of drug-likeness (QED) is 0.890. The molecule has 1 amide bonds. The summed E-state index contributed by atoms with van der Waals surface area (Å²) < 4.78 is 0. The number of aromatic nitrogens is 2. The van der Waals surface area contributed by atoms with E-state index in [1.165, 1.54) is 31.4 Å². The van der Waals surface area contributed by atoms with Gasteiger partial charge in [-0.05, 0) is 42.5 Å². The van der Waals surface area contributed by atoms with Gasteiger partial charge in [-0.25, -0.2) is 5.10 Å². The van der Waals surface area contributed by atoms with Gasteiger partial charge in [0.05, 0.1) is 6.04 Å². The minimum atomic E-state index is -0.328. The van der Waals surface area contributed by atoms with E-state index >= 15 is 0 Å². The highest BCUT2D eigenvalue weighted by Crippen LogP contribution is 2.35. The van der Waals surface area contributed by atoms with Gasteiger partial charge in [0.2, 0.25) is 0 Å². The minimum Gasteiger partial charge on any atom is -0.344 e. The highest BCUT2D eigenvalue weighted by molar-refractivity contribution is 6.30. The van der Waals surface area contributed by atoms with Crippen molar-refractivity contribution in [3.63, 3.8) is 0 Å². The van der Waals surface area contributed by atoms with Crippen LogP contribution in [0.2, 0.25) is 5.02 Å². The molecule has 0 spiro atoms. The van der Waals surface area contributed by atoms with Crippen LogP contribution in [0.4, 0.5) is 0 Å². The van der Waals surface area contributed by atoms with E-state index in [-0.39, 0.29) is 23.2 Å². The zero-order valence-electron chi connectivity index (χ0n) is 13.3. The summed E-state index contributed by atoms with van der Waals surface area (Å²) in [5.41, 5.74) is 0.884. The lowest BCUT2D eigenvalue weighted by molar-refractivity contribution is 0.0906. The molecule has 0 radical (unpaired) electrons. The summed E-state index contributed by atoms with van der Waals surface area (Å²) in [5, 5.41) is 9.85. The lowest BCUT2D eigenvalue weighted by Crippen LogP contribution is -2.35. The van der Waals surface area contributed by atoms with Crippen molar-refractivity contribution < 1.29 is 4.79 Å². The van der Waals surface area contributed by atoms with Crippen LogP contribution in [0.15, 0.2) is 41.2 Å². The Labute approximate surface area is 145 Å². The van der Waals surface area contributed by atoms with E-state index in [1.54, 1.807) is 0 Å². The number of carbonyl (C=O) groups excluding carboxylic acids is 1. The van der Waals surface area contributed by atoms with Crippen molar-refractivity contribution >= 4 is 17.5 Å². The molecule has 0 saturated heterocycles. The van der Waals surface area contributed by atoms with Crippen LogP contribution < -0.4 is 10.9 Å². The maximum Gasteiger partial charge on any atom is 0.272 e. The van der Waals surface area contributed by atoms with Crippen LogP contribution in [-0.2, 0) is 0 Å². The van der Waals surface area contributed by atoms with Crippen molar-refractivity contribution in [1.82, 2.24) is 15.5 Å². The van der Waals surface area contributed by atoms with Gasteiger partial charge in [0.1, 0.15) is 5.69 Å². The number of H-pyrrole nitrogens is 1. The molecule has 0 aliphatic heterocycles. The normalized spacial score (nSPS) is 16.5. The van der Waals surface area contributed by atoms with Gasteiger partial charge >= 0.3 is 0 Å². The lowest BCUT2D eigenvalue weighted by Gasteiger charge is -2.31. The second kappa shape index (κ2) is 7.62. The standard InChI is InChI=1S/C18H20ClN3O2/c19-14-8-4-7-13(11-14)17(12-5-2-1-3-6-12)20-18(24)15-9-10-16(23)22-21-15/h4,7-12,17H,1-3,5-6H2,(H,20,24)(H,22,23). The molecule has 126 valence electrons. The molecule has 5 nitrogen and oxygen atoms in total. The van der Waals surface area contributed by atoms with E-state index in [0.29, 0.717) is 10.9 Å². The molecule has 6 heteroatoms. The molecular weight excluding hydrogens is 326 g/mol. The largest absolute Gasteiger partial charge is 0.344 e. The van der Waals surface area contributed by atoms with Crippen LogP contribution in [0, 0.1) is 5.92 Å². The Kier molecular flexibility index (Phi) is 5.30. The third kappa shape index (κ3) is 4.03. The Balaban J connectivity index is 1.85. The molecule has 0 bridgehead atoms. The fourth-order valence-corrected chi connectivity index (χ4v) is 3.53. The Hall–Kier alpha value is -2.14. The van der Waals surface area contributed by atoms with Crippen molar-refractivity contribution in [3.05, 3.63) is 63.0 Å². The molecule has 1 aromatic carbocycles. The highest BCUT2D eigenvalue weighted by Gasteiger charge is 2.27. The molecule has 1 saturated carbocycles. The first-order valence-corrected chi connectivity index (χ1v) is 8.63. The van der Waals surface area contributed by atoms with Crippen LogP contribution in [0.25, 0.3) is 0 Å². The first-order valence-electron chi connectivity index (χ1n) is 8.25. The molecule has 2 N–H and O–H groups in total. The summed E-state index contributed by atoms with van der Waals surface area (Å²) in [5.74, 6) is 0.0886. The number of amides is 1. The Morgan fingerprint density at radius 3 is 2.67 bits per heavy atom. The number of hydrogen-bond acceptors (Lipinski definition) is 3. The van der Waals surface area contributed by atoms with Crippen molar-refractivity contribution in [3.8, 4) is 0 Å². The summed E-state index contributed by atoms with van der Waals surface area (Å²) in [6.07, 6.45) is 5.75. The van der Waals surface area contributed by atoms with Crippen molar-refractivity contribution in [2.75, 3.05) is 0 Å². The van der Waals surface area contributed by atoms with E-state index in [0.717, 1.165) is 18.4 Å². The Morgan fingerprint density at radius 2 is 2.00 bits per heavy atom. The molecule has 1 aliphatic carbocycles. The molecule has 1 unspecified atom stereocenters. The van der Waals surface area contributed by atoms with Gasteiger partial charge in [-0.2, -0.15) is 5.10 Å². The van der Waals surface area contributed by atoms with Gasteiger partial charge in [0, 0.05) is 11.1 Å². The summed E-state index contributed by atoms with van der Waals surface area (Å²) >= 11 is 6.13. The van der Waals surface area contributed by atoms with E-state index in [2.05, 4.69) is 15.5 Å². The zero-order chi connectivity index (χ0) is 16.9. The Bertz CT molecular complexity index is 748. The number of halogens is 1. The average molecular weight is 346 g/mol. The summed E-state index contributed by atoms with van der Waals surface area (Å²) in [4.78, 5) is 23.6. The van der Waals surface area contributed by atoms with E-state index < -0.39 is 0 Å². The lowest BCUT2D eigenvalue weighted by atomic mass is 9.81. The number of nitrogens with one attached hydrogen (secondary N) is 2. The van der Waals surface area contributed by atoms with Crippen LogP contribution in [0.5, 0.6) is 0 Å². The fraction of sp³-hybridized carbons (Fsp3) is 0.389. The molecular formula is C18H20ClN3O2. The number of carbonyl (C=O) groups is 1. The average Bonchev–Trinajstić information content (AvgIpc) is 2.61. The number of nitrogens with zero attached hydrogens (tertiary/aromatic N) is 1. The predicted octanol–water partition coefficient (Wildman–Crippen LogP) is 3.47. The minimum absolute atomic E-state index is 0.106. The molecule has 1 aliphatic rings. The first-order chi connectivity index (χ1) is 11.6. The SMILES string of the molecule is O=C(NC(c1cccc(Cl)c1)C1CCCCC1)c1ccc(=O)[nH]n1. The molecule has 1 fully saturated rings. The van der Waals surface area contributed by atoms with E-state index in [9.17, 15) is 9.59 Å². The third-order valence-electron chi connectivity index (χ3n) is 4.53. The van der Waals surface area contributed by atoms with Gasteiger partial charge in [0.25, 0.3) is 11.5 Å². The smallest absolute Gasteiger partial charge is 0.272 e. The van der Waals surface area contributed by atoms with Gasteiger partial charge in [0.15, 0.2) is 0 Å². The fourth-order valence-electron chi connectivity index (χ4n) is 3.33. The van der Waals surface area contributed by atoms with Crippen LogP contribution in [0.1, 0.15) is 54.2 Å². The monoisotopic (exact) mass is 345 g/mol. The molecule has 2 aromatic rings. The van der Waals surface area contributed by atoms with Crippen LogP contribution >= 0.6 is 11.6 Å². The van der Waals surface area contributed by atoms with Crippen molar-refractivity contribution in [2.24, 2.45) is 5.92 Å². The molecule has 24 heavy (non-hydrogen) atoms. The number of rotatable bonds is 4. The molecule has 1 atom stereocenters. The Morgan fingerprint density at radius 1 is 1.21 bits per heavy atom. The van der Waals surface area contributed by atoms with Crippen LogP contribution in [0.3, 0.4) is 0 Å². The first kappa shape index (κ1) is 16.7. The van der Waals surface area contributed by atoms with Gasteiger partial charge < -0.3 is 5.32 Å². The van der Waals surface area contributed by atoms with Crippen molar-refractivity contribution in [2.45, 2.75) is 38.1 Å². The topological polar surface area (TPSA) is 74.8 Å². The number of aromatic amines is 1. The zero-order valence-corrected chi connectivity index (χ0v) is 14.1. The van der Waals surface area contributed by atoms with Gasteiger partial charge in [-0.1, -0.05) is 43.0 Å². The highest BCUT2D eigenvalue weighted by atomic mass is 35.5. The van der Waals surface area contributed by atoms with E-state index in [4.69, 9.17) is 11.6 Å². The second-order valence-electron chi connectivity index (χ2n) is 6.21. The maximum absolute atomic E-state index is 12.5. The molecule has 1 heterocycles.